The highest BCUT2D eigenvalue weighted by molar-refractivity contribution is 7.93. The Morgan fingerprint density at radius 2 is 0.590 bits per heavy atom. The van der Waals surface area contributed by atoms with Gasteiger partial charge in [-0.2, -0.15) is 89.0 Å². The molecule has 1 aliphatic rings. The van der Waals surface area contributed by atoms with Gasteiger partial charge in [-0.1, -0.05) is 192 Å². The molecule has 0 aliphatic carbocycles. The summed E-state index contributed by atoms with van der Waals surface area (Å²) in [6, 6.07) is 19.3. The molecular weight excluding hydrogens is 1900 g/mol. The first-order chi connectivity index (χ1) is 63.6. The zero-order valence-corrected chi connectivity index (χ0v) is 84.4. The first-order valence-corrected chi connectivity index (χ1v) is 46.2. The summed E-state index contributed by atoms with van der Waals surface area (Å²) in [6.45, 7) is 33.0. The normalized spacial score (nSPS) is 12.0. The van der Waals surface area contributed by atoms with E-state index in [-0.39, 0.29) is 35.2 Å². The van der Waals surface area contributed by atoms with Crippen LogP contribution in [0.4, 0.5) is 19.0 Å². The van der Waals surface area contributed by atoms with Crippen molar-refractivity contribution < 1.29 is 54.7 Å². The highest BCUT2D eigenvalue weighted by atomic mass is 35.5. The summed E-state index contributed by atoms with van der Waals surface area (Å²) in [7, 11) is 7.82. The summed E-state index contributed by atoms with van der Waals surface area (Å²) in [5.74, 6) is 8.81. The Labute approximate surface area is 812 Å². The van der Waals surface area contributed by atoms with E-state index in [2.05, 4.69) is 169 Å². The monoisotopic (exact) mass is 2000 g/mol. The van der Waals surface area contributed by atoms with E-state index in [1.165, 1.54) is 51.5 Å². The fourth-order valence-electron chi connectivity index (χ4n) is 12.4. The lowest BCUT2D eigenvalue weighted by Gasteiger charge is -2.18. The lowest BCUT2D eigenvalue weighted by atomic mass is 10.0. The van der Waals surface area contributed by atoms with Crippen LogP contribution in [0.1, 0.15) is 215 Å². The molecule has 0 atom stereocenters. The smallest absolute Gasteiger partial charge is 0.420 e. The van der Waals surface area contributed by atoms with Crippen molar-refractivity contribution in [2.75, 3.05) is 66.4 Å². The van der Waals surface area contributed by atoms with E-state index in [1.54, 1.807) is 125 Å². The molecule has 1 saturated heterocycles. The van der Waals surface area contributed by atoms with Gasteiger partial charge in [0.15, 0.2) is 40.7 Å². The van der Waals surface area contributed by atoms with Gasteiger partial charge in [-0.05, 0) is 132 Å². The third kappa shape index (κ3) is 28.5. The molecule has 15 rings (SSSR count). The molecule has 14 aromatic rings. The highest BCUT2D eigenvalue weighted by Gasteiger charge is 2.36. The lowest BCUT2D eigenvalue weighted by Crippen LogP contribution is -2.26. The number of ether oxygens (including phenoxy) is 7. The van der Waals surface area contributed by atoms with Crippen LogP contribution in [-0.2, 0) is 16.2 Å². The number of aromatic nitrogens is 23. The maximum Gasteiger partial charge on any atom is 0.420 e. The average Bonchev–Trinajstić information content (AvgIpc) is 1.61. The van der Waals surface area contributed by atoms with Gasteiger partial charge in [0.2, 0.25) is 51.2 Å². The molecule has 0 spiro atoms. The lowest BCUT2D eigenvalue weighted by molar-refractivity contribution is -0.137. The van der Waals surface area contributed by atoms with Crippen molar-refractivity contribution in [3.8, 4) is 76.1 Å². The van der Waals surface area contributed by atoms with Crippen LogP contribution < -0.4 is 37.5 Å². The molecule has 1 fully saturated rings. The molecule has 0 unspecified atom stereocenters. The van der Waals surface area contributed by atoms with Crippen LogP contribution in [0, 0.1) is 0 Å². The van der Waals surface area contributed by atoms with E-state index in [4.69, 9.17) is 114 Å². The van der Waals surface area contributed by atoms with E-state index in [1.807, 2.05) is 76.2 Å². The standard InChI is InChI=1S/2C12H14ClN3O.C12H12F3N3.3C11H13ClN4O.C11H15ClN2O2S.C10H14ClNO2/c2*1-8(2)9-7-10(13)11(15-12(9)17-3)16-6-4-5-14-16;1-8(2)9-6-10(12(13,14)15)11(16-7-9)18-5-3-4-17-18;2*1-7(2)8-6-9(12)10(15-11(8)17-3)16-13-4-5-14-16;1-7(2)8-6-9(12)11(17-3)15-10(8)16-13-4-5-14-16;1-8(2)9-6-10(12)11(13-7-9)14-4-3-5-17(14,15)16;1-6(2)7-5-8(11)10(14-4)12-9(7)13-3/h2*4-8H,1-3H3;3-8H,1-2H3;3*4-7H,1-3H3;6-8H,3-5H2,1-2H3;5-6H,1-4H3. The first kappa shape index (κ1) is 108. The van der Waals surface area contributed by atoms with Crippen molar-refractivity contribution in [1.82, 2.24) is 114 Å². The predicted molar refractivity (Wildman–Crippen MR) is 514 cm³/mol. The van der Waals surface area contributed by atoms with Crippen LogP contribution in [0.15, 0.2) is 153 Å². The van der Waals surface area contributed by atoms with E-state index >= 15 is 0 Å². The molecule has 0 N–H and O–H groups in total. The SMILES string of the molecule is CC(C)c1cnc(-n2cccn2)c(C(F)(F)F)c1.CC(C)c1cnc(N2CCCS2(=O)=O)c(Cl)c1.COc1nc(-n2cccn2)c(Cl)cc1C(C)C.COc1nc(-n2cccn2)c(Cl)cc1C(C)C.COc1nc(-n2nccn2)c(C(C)C)cc1Cl.COc1nc(-n2nccn2)c(Cl)cc1C(C)C.COc1nc(-n2nccn2)c(Cl)cc1C(C)C.COc1nc(OC)c(C(C)C)cc1Cl. The number of methoxy groups -OCH3 is 7. The van der Waals surface area contributed by atoms with E-state index < -0.39 is 21.8 Å². The number of hydrogen-bond donors (Lipinski definition) is 0. The number of halogens is 10. The summed E-state index contributed by atoms with van der Waals surface area (Å²) in [6.07, 6.45) is 18.6. The molecule has 718 valence electrons. The van der Waals surface area contributed by atoms with Gasteiger partial charge in [-0.15, -0.1) is 14.4 Å². The van der Waals surface area contributed by atoms with Crippen LogP contribution in [0.3, 0.4) is 0 Å². The molecule has 0 aromatic carbocycles. The second kappa shape index (κ2) is 50.1. The molecule has 0 radical (unpaired) electrons. The maximum absolute atomic E-state index is 13.0. The minimum absolute atomic E-state index is 0.00901. The van der Waals surface area contributed by atoms with Gasteiger partial charge in [-0.25, -0.2) is 32.4 Å². The quantitative estimate of drug-likeness (QED) is 0.0608. The number of pyridine rings is 8. The van der Waals surface area contributed by atoms with Crippen LogP contribution >= 0.6 is 81.2 Å². The second-order valence-electron chi connectivity index (χ2n) is 31.5. The first-order valence-electron chi connectivity index (χ1n) is 41.9. The number of hydrogen-bond acceptors (Lipinski definition) is 26. The van der Waals surface area contributed by atoms with Crippen molar-refractivity contribution in [3.05, 3.63) is 239 Å². The molecule has 33 nitrogen and oxygen atoms in total. The second-order valence-corrected chi connectivity index (χ2v) is 36.4. The largest absolute Gasteiger partial charge is 0.481 e. The molecule has 44 heteroatoms. The Bertz CT molecular complexity index is 5790. The van der Waals surface area contributed by atoms with Crippen molar-refractivity contribution in [3.63, 3.8) is 0 Å². The summed E-state index contributed by atoms with van der Waals surface area (Å²) in [5.41, 5.74) is 6.68. The van der Waals surface area contributed by atoms with Crippen LogP contribution in [-0.4, -0.2) is 185 Å². The van der Waals surface area contributed by atoms with Gasteiger partial charge in [0, 0.05) is 89.5 Å². The van der Waals surface area contributed by atoms with Crippen LogP contribution in [0.25, 0.3) is 34.9 Å². The van der Waals surface area contributed by atoms with Crippen molar-refractivity contribution in [2.24, 2.45) is 0 Å². The number of anilines is 1. The fraction of sp³-hybridized carbons (Fsp3) is 0.389. The average molecular weight is 2010 g/mol. The fourth-order valence-corrected chi connectivity index (χ4v) is 15.7. The minimum atomic E-state index is -4.45. The zero-order chi connectivity index (χ0) is 98.8. The zero-order valence-electron chi connectivity index (χ0n) is 78.3. The topological polar surface area (TPSA) is 351 Å². The molecule has 0 saturated carbocycles. The Balaban J connectivity index is 0.000000189. The molecular formula is C90H108Cl7F3N24O9S. The summed E-state index contributed by atoms with van der Waals surface area (Å²) < 4.78 is 105. The number of alkyl halides is 3. The maximum atomic E-state index is 13.0. The summed E-state index contributed by atoms with van der Waals surface area (Å²) in [5, 5.41) is 39.7. The van der Waals surface area contributed by atoms with E-state index in [0.717, 1.165) is 49.7 Å². The molecule has 0 amide bonds. The number of rotatable bonds is 22. The van der Waals surface area contributed by atoms with Gasteiger partial charge in [0.05, 0.1) is 118 Å². The van der Waals surface area contributed by atoms with Gasteiger partial charge >= 0.3 is 6.18 Å². The van der Waals surface area contributed by atoms with E-state index in [0.29, 0.717) is 153 Å². The molecule has 0 bridgehead atoms. The Kier molecular flexibility index (Phi) is 40.3. The van der Waals surface area contributed by atoms with Crippen molar-refractivity contribution in [2.45, 2.75) is 171 Å². The van der Waals surface area contributed by atoms with Gasteiger partial charge in [0.25, 0.3) is 0 Å². The Morgan fingerprint density at radius 3 is 0.888 bits per heavy atom. The van der Waals surface area contributed by atoms with Crippen molar-refractivity contribution in [1.29, 1.82) is 0 Å². The summed E-state index contributed by atoms with van der Waals surface area (Å²) >= 11 is 42.9. The third-order valence-corrected chi connectivity index (χ3v) is 23.2. The number of nitrogens with zero attached hydrogens (tertiary/aromatic N) is 24. The van der Waals surface area contributed by atoms with E-state index in [9.17, 15) is 21.6 Å². The van der Waals surface area contributed by atoms with Gasteiger partial charge in [0.1, 0.15) is 15.6 Å². The number of sulfonamides is 1. The predicted octanol–water partition coefficient (Wildman–Crippen LogP) is 22.1. The Morgan fingerprint density at radius 1 is 0.313 bits per heavy atom. The summed E-state index contributed by atoms with van der Waals surface area (Å²) in [4.78, 5) is 38.3. The van der Waals surface area contributed by atoms with Crippen LogP contribution in [0.5, 0.6) is 41.2 Å². The molecule has 14 aromatic heterocycles. The molecule has 15 heterocycles. The Hall–Kier alpha value is -11.6. The van der Waals surface area contributed by atoms with Gasteiger partial charge in [-0.3, -0.25) is 4.31 Å². The minimum Gasteiger partial charge on any atom is -0.481 e. The van der Waals surface area contributed by atoms with Crippen LogP contribution in [0.2, 0.25) is 35.2 Å². The van der Waals surface area contributed by atoms with Crippen molar-refractivity contribution >= 4 is 97.0 Å². The highest BCUT2D eigenvalue weighted by Crippen LogP contribution is 2.40. The third-order valence-electron chi connectivity index (χ3n) is 19.5. The molecule has 134 heavy (non-hydrogen) atoms. The van der Waals surface area contributed by atoms with Gasteiger partial charge < -0.3 is 33.2 Å². The molecule has 1 aliphatic heterocycles.